The maximum atomic E-state index is 14.1. The fourth-order valence-corrected chi connectivity index (χ4v) is 5.00. The summed E-state index contributed by atoms with van der Waals surface area (Å²) in [5.41, 5.74) is 3.39. The van der Waals surface area contributed by atoms with Crippen LogP contribution in [0.4, 0.5) is 10.1 Å². The van der Waals surface area contributed by atoms with Gasteiger partial charge in [-0.05, 0) is 85.2 Å². The summed E-state index contributed by atoms with van der Waals surface area (Å²) in [5, 5.41) is 10.0. The number of carbonyl (C=O) groups excluding carboxylic acids is 1. The van der Waals surface area contributed by atoms with Crippen molar-refractivity contribution >= 4 is 23.2 Å². The molecule has 1 fully saturated rings. The van der Waals surface area contributed by atoms with Gasteiger partial charge in [0.2, 0.25) is 5.91 Å². The molecule has 0 N–H and O–H groups in total. The zero-order chi connectivity index (χ0) is 23.9. The lowest BCUT2D eigenvalue weighted by atomic mass is 9.90. The summed E-state index contributed by atoms with van der Waals surface area (Å²) in [7, 11) is 0. The Hall–Kier alpha value is -3.16. The number of hydrogen-bond donors (Lipinski definition) is 0. The monoisotopic (exact) mass is 474 g/mol. The van der Waals surface area contributed by atoms with Crippen molar-refractivity contribution in [3.63, 3.8) is 0 Å². The third kappa shape index (κ3) is 6.24. The summed E-state index contributed by atoms with van der Waals surface area (Å²) in [4.78, 5) is 15.4. The summed E-state index contributed by atoms with van der Waals surface area (Å²) < 4.78 is 14.1. The van der Waals surface area contributed by atoms with E-state index in [1.165, 1.54) is 12.1 Å². The number of hydrogen-bond acceptors (Lipinski definition) is 2. The minimum absolute atomic E-state index is 0.0126. The minimum Gasteiger partial charge on any atom is -0.312 e. The van der Waals surface area contributed by atoms with Gasteiger partial charge in [-0.2, -0.15) is 5.26 Å². The largest absolute Gasteiger partial charge is 0.312 e. The molecule has 3 nitrogen and oxygen atoms in total. The molecule has 0 bridgehead atoms. The quantitative estimate of drug-likeness (QED) is 0.353. The van der Waals surface area contributed by atoms with Crippen LogP contribution >= 0.6 is 11.6 Å². The van der Waals surface area contributed by atoms with Gasteiger partial charge in [-0.1, -0.05) is 54.8 Å². The van der Waals surface area contributed by atoms with Gasteiger partial charge in [-0.15, -0.1) is 0 Å². The van der Waals surface area contributed by atoms with Crippen molar-refractivity contribution in [1.29, 1.82) is 5.26 Å². The fraction of sp³-hybridized carbons (Fsp3) is 0.310. The van der Waals surface area contributed by atoms with Crippen LogP contribution in [0.1, 0.15) is 42.4 Å². The molecule has 0 radical (unpaired) electrons. The van der Waals surface area contributed by atoms with E-state index in [9.17, 15) is 14.4 Å². The Bertz CT molecular complexity index is 1170. The first-order chi connectivity index (χ1) is 16.5. The Kier molecular flexibility index (Phi) is 7.98. The average Bonchev–Trinajstić information content (AvgIpc) is 3.39. The zero-order valence-corrected chi connectivity index (χ0v) is 19.8. The van der Waals surface area contributed by atoms with Crippen LogP contribution < -0.4 is 4.90 Å². The van der Waals surface area contributed by atoms with Gasteiger partial charge in [0.05, 0.1) is 11.6 Å². The number of amides is 1. The van der Waals surface area contributed by atoms with Crippen LogP contribution in [0.3, 0.4) is 0 Å². The maximum Gasteiger partial charge on any atom is 0.230 e. The third-order valence-electron chi connectivity index (χ3n) is 6.55. The van der Waals surface area contributed by atoms with Crippen molar-refractivity contribution < 1.29 is 9.18 Å². The number of halogens is 2. The summed E-state index contributed by atoms with van der Waals surface area (Å²) in [5.74, 6) is -0.210. The summed E-state index contributed by atoms with van der Waals surface area (Å²) >= 11 is 6.09. The van der Waals surface area contributed by atoms with E-state index < -0.39 is 0 Å². The Labute approximate surface area is 205 Å². The summed E-state index contributed by atoms with van der Waals surface area (Å²) in [6.07, 6.45) is 5.32. The lowest BCUT2D eigenvalue weighted by molar-refractivity contribution is -0.122. The number of benzene rings is 3. The molecule has 3 aromatic rings. The zero-order valence-electron chi connectivity index (χ0n) is 19.1. The van der Waals surface area contributed by atoms with E-state index in [1.54, 1.807) is 17.0 Å². The van der Waals surface area contributed by atoms with E-state index in [0.717, 1.165) is 43.2 Å². The van der Waals surface area contributed by atoms with Crippen molar-refractivity contribution in [2.24, 2.45) is 11.8 Å². The highest BCUT2D eigenvalue weighted by Crippen LogP contribution is 2.30. The third-order valence-corrected chi connectivity index (χ3v) is 6.80. The standard InChI is InChI=1S/C29H28ClFN2O/c30-26-13-11-21(12-14-26)15-24(17-22-5-3-6-23(16-22)19-32)20-33(28-10-4-9-27(31)18-28)29(34)25-7-1-2-8-25/h3-6,9-14,16,18,24-25H,1-2,7-8,15,17,20H2. The summed E-state index contributed by atoms with van der Waals surface area (Å²) in [6.45, 7) is 0.470. The summed E-state index contributed by atoms with van der Waals surface area (Å²) in [6, 6.07) is 23.9. The molecule has 1 saturated carbocycles. The second-order valence-corrected chi connectivity index (χ2v) is 9.56. The Morgan fingerprint density at radius 2 is 1.71 bits per heavy atom. The maximum absolute atomic E-state index is 14.1. The predicted octanol–water partition coefficient (Wildman–Crippen LogP) is 6.98. The second kappa shape index (κ2) is 11.3. The molecular formula is C29H28ClFN2O. The van der Waals surface area contributed by atoms with Gasteiger partial charge >= 0.3 is 0 Å². The SMILES string of the molecule is N#Cc1cccc(CC(Cc2ccc(Cl)cc2)CN(C(=O)C2CCCC2)c2cccc(F)c2)c1. The highest BCUT2D eigenvalue weighted by Gasteiger charge is 2.30. The molecule has 0 heterocycles. The van der Waals surface area contributed by atoms with E-state index in [0.29, 0.717) is 29.2 Å². The molecule has 34 heavy (non-hydrogen) atoms. The highest BCUT2D eigenvalue weighted by atomic mass is 35.5. The van der Waals surface area contributed by atoms with Crippen molar-refractivity contribution in [2.45, 2.75) is 38.5 Å². The molecule has 1 aliphatic carbocycles. The molecule has 5 heteroatoms. The normalized spacial score (nSPS) is 14.5. The molecule has 1 amide bonds. The van der Waals surface area contributed by atoms with Crippen molar-refractivity contribution in [2.75, 3.05) is 11.4 Å². The number of rotatable bonds is 8. The van der Waals surface area contributed by atoms with Gasteiger partial charge in [-0.3, -0.25) is 4.79 Å². The first-order valence-electron chi connectivity index (χ1n) is 11.8. The predicted molar refractivity (Wildman–Crippen MR) is 134 cm³/mol. The highest BCUT2D eigenvalue weighted by molar-refractivity contribution is 6.30. The second-order valence-electron chi connectivity index (χ2n) is 9.12. The molecular weight excluding hydrogens is 447 g/mol. The van der Waals surface area contributed by atoms with E-state index in [-0.39, 0.29) is 23.6 Å². The number of carbonyl (C=O) groups is 1. The molecule has 4 rings (SSSR count). The lowest BCUT2D eigenvalue weighted by Crippen LogP contribution is -2.40. The van der Waals surface area contributed by atoms with Crippen molar-refractivity contribution in [1.82, 2.24) is 0 Å². The smallest absolute Gasteiger partial charge is 0.230 e. The Balaban J connectivity index is 1.65. The van der Waals surface area contributed by atoms with Crippen LogP contribution in [-0.4, -0.2) is 12.5 Å². The Morgan fingerprint density at radius 3 is 2.41 bits per heavy atom. The van der Waals surface area contributed by atoms with Crippen LogP contribution in [0.2, 0.25) is 5.02 Å². The average molecular weight is 475 g/mol. The molecule has 0 spiro atoms. The molecule has 0 saturated heterocycles. The van der Waals surface area contributed by atoms with Crippen LogP contribution in [0, 0.1) is 29.0 Å². The van der Waals surface area contributed by atoms with Gasteiger partial charge in [0, 0.05) is 23.2 Å². The Morgan fingerprint density at radius 1 is 1.00 bits per heavy atom. The molecule has 174 valence electrons. The van der Waals surface area contributed by atoms with E-state index in [4.69, 9.17) is 11.6 Å². The van der Waals surface area contributed by atoms with Crippen LogP contribution in [-0.2, 0) is 17.6 Å². The molecule has 0 aromatic heterocycles. The molecule has 3 aromatic carbocycles. The van der Waals surface area contributed by atoms with E-state index >= 15 is 0 Å². The van der Waals surface area contributed by atoms with Gasteiger partial charge in [-0.25, -0.2) is 4.39 Å². The van der Waals surface area contributed by atoms with Crippen LogP contribution in [0.25, 0.3) is 0 Å². The molecule has 1 atom stereocenters. The van der Waals surface area contributed by atoms with Gasteiger partial charge in [0.25, 0.3) is 0 Å². The lowest BCUT2D eigenvalue weighted by Gasteiger charge is -2.30. The van der Waals surface area contributed by atoms with Gasteiger partial charge in [0.1, 0.15) is 5.82 Å². The number of anilines is 1. The minimum atomic E-state index is -0.349. The van der Waals surface area contributed by atoms with Crippen LogP contribution in [0.15, 0.2) is 72.8 Å². The van der Waals surface area contributed by atoms with Crippen molar-refractivity contribution in [3.05, 3.63) is 100 Å². The number of nitrogens with zero attached hydrogens (tertiary/aromatic N) is 2. The first-order valence-corrected chi connectivity index (χ1v) is 12.2. The van der Waals surface area contributed by atoms with Gasteiger partial charge in [0.15, 0.2) is 0 Å². The molecule has 0 aliphatic heterocycles. The van der Waals surface area contributed by atoms with E-state index in [1.807, 2.05) is 48.5 Å². The molecule has 1 unspecified atom stereocenters. The number of nitriles is 1. The fourth-order valence-electron chi connectivity index (χ4n) is 4.87. The van der Waals surface area contributed by atoms with E-state index in [2.05, 4.69) is 6.07 Å². The van der Waals surface area contributed by atoms with Crippen molar-refractivity contribution in [3.8, 4) is 6.07 Å². The van der Waals surface area contributed by atoms with Gasteiger partial charge < -0.3 is 4.90 Å². The first kappa shape index (κ1) is 24.0. The van der Waals surface area contributed by atoms with Crippen LogP contribution in [0.5, 0.6) is 0 Å². The molecule has 1 aliphatic rings. The topological polar surface area (TPSA) is 44.1 Å².